The van der Waals surface area contributed by atoms with Crippen molar-refractivity contribution in [3.8, 4) is 0 Å². The smallest absolute Gasteiger partial charge is 0.275 e. The van der Waals surface area contributed by atoms with Gasteiger partial charge < -0.3 is 10.2 Å². The molecule has 1 fully saturated rings. The molecule has 28 heavy (non-hydrogen) atoms. The fourth-order valence-corrected chi connectivity index (χ4v) is 4.86. The molecule has 1 aliphatic heterocycles. The molecule has 1 atom stereocenters. The van der Waals surface area contributed by atoms with Gasteiger partial charge in [-0.3, -0.25) is 4.79 Å². The zero-order valence-corrected chi connectivity index (χ0v) is 16.6. The van der Waals surface area contributed by atoms with Gasteiger partial charge in [0.25, 0.3) is 5.91 Å². The summed E-state index contributed by atoms with van der Waals surface area (Å²) in [6, 6.07) is 15.0. The Morgan fingerprint density at radius 1 is 1.11 bits per heavy atom. The van der Waals surface area contributed by atoms with E-state index in [1.807, 2.05) is 37.3 Å². The van der Waals surface area contributed by atoms with Gasteiger partial charge in [0.1, 0.15) is 10.7 Å². The van der Waals surface area contributed by atoms with Gasteiger partial charge in [-0.05, 0) is 24.6 Å². The molecule has 150 valence electrons. The van der Waals surface area contributed by atoms with Gasteiger partial charge in [0, 0.05) is 0 Å². The first-order chi connectivity index (χ1) is 13.4. The molecule has 0 unspecified atom stereocenters. The summed E-state index contributed by atoms with van der Waals surface area (Å²) in [6.45, 7) is 3.73. The molecule has 0 spiro atoms. The number of benzene rings is 2. The third-order valence-electron chi connectivity index (χ3n) is 4.97. The van der Waals surface area contributed by atoms with Crippen LogP contribution in [0, 0.1) is 5.82 Å². The van der Waals surface area contributed by atoms with Crippen LogP contribution in [-0.4, -0.2) is 51.4 Å². The van der Waals surface area contributed by atoms with E-state index in [2.05, 4.69) is 5.32 Å². The molecule has 1 amide bonds. The number of quaternary nitrogens is 1. The minimum atomic E-state index is -3.86. The lowest BCUT2D eigenvalue weighted by atomic mass is 10.1. The zero-order valence-electron chi connectivity index (χ0n) is 15.8. The van der Waals surface area contributed by atoms with E-state index in [0.29, 0.717) is 13.1 Å². The summed E-state index contributed by atoms with van der Waals surface area (Å²) in [6.07, 6.45) is 0. The topological polar surface area (TPSA) is 70.9 Å². The van der Waals surface area contributed by atoms with Crippen molar-refractivity contribution in [2.75, 3.05) is 32.7 Å². The third-order valence-corrected chi connectivity index (χ3v) is 6.90. The van der Waals surface area contributed by atoms with Gasteiger partial charge in [-0.25, -0.2) is 12.8 Å². The summed E-state index contributed by atoms with van der Waals surface area (Å²) >= 11 is 0. The zero-order chi connectivity index (χ0) is 20.1. The Labute approximate surface area is 165 Å². The van der Waals surface area contributed by atoms with Crippen molar-refractivity contribution >= 4 is 15.9 Å². The molecule has 0 radical (unpaired) electrons. The highest BCUT2D eigenvalue weighted by Gasteiger charge is 2.32. The predicted octanol–water partition coefficient (Wildman–Crippen LogP) is 0.592. The highest BCUT2D eigenvalue weighted by molar-refractivity contribution is 7.89. The molecule has 2 N–H and O–H groups in total. The molecular formula is C20H25FN3O3S+. The van der Waals surface area contributed by atoms with Crippen molar-refractivity contribution in [2.24, 2.45) is 0 Å². The molecular weight excluding hydrogens is 381 g/mol. The number of piperazine rings is 1. The number of sulfonamides is 1. The summed E-state index contributed by atoms with van der Waals surface area (Å²) in [5.41, 5.74) is 1.03. The second-order valence-corrected chi connectivity index (χ2v) is 8.87. The molecule has 0 aliphatic carbocycles. The molecule has 0 bridgehead atoms. The van der Waals surface area contributed by atoms with Gasteiger partial charge in [0.2, 0.25) is 10.0 Å². The van der Waals surface area contributed by atoms with Crippen molar-refractivity contribution < 1.29 is 22.5 Å². The Morgan fingerprint density at radius 3 is 2.36 bits per heavy atom. The molecule has 1 saturated heterocycles. The number of carbonyl (C=O) groups is 1. The largest absolute Gasteiger partial charge is 0.345 e. The molecule has 1 heterocycles. The second kappa shape index (κ2) is 8.81. The van der Waals surface area contributed by atoms with Crippen molar-refractivity contribution in [2.45, 2.75) is 17.9 Å². The fraction of sp³-hybridized carbons (Fsp3) is 0.350. The third kappa shape index (κ3) is 4.76. The Hall–Kier alpha value is -2.29. The average Bonchev–Trinajstić information content (AvgIpc) is 2.69. The van der Waals surface area contributed by atoms with E-state index in [1.54, 1.807) is 0 Å². The minimum Gasteiger partial charge on any atom is -0.345 e. The van der Waals surface area contributed by atoms with Crippen molar-refractivity contribution in [1.29, 1.82) is 0 Å². The maximum Gasteiger partial charge on any atom is 0.275 e. The summed E-state index contributed by atoms with van der Waals surface area (Å²) in [7, 11) is -3.86. The van der Waals surface area contributed by atoms with Crippen LogP contribution in [0.15, 0.2) is 59.5 Å². The molecule has 6 nitrogen and oxygen atoms in total. The summed E-state index contributed by atoms with van der Waals surface area (Å²) in [5.74, 6) is -0.816. The van der Waals surface area contributed by atoms with E-state index < -0.39 is 15.8 Å². The van der Waals surface area contributed by atoms with Gasteiger partial charge in [0.15, 0.2) is 6.54 Å². The number of halogens is 1. The monoisotopic (exact) mass is 406 g/mol. The van der Waals surface area contributed by atoms with E-state index in [4.69, 9.17) is 0 Å². The Morgan fingerprint density at radius 2 is 1.71 bits per heavy atom. The number of hydrogen-bond donors (Lipinski definition) is 2. The van der Waals surface area contributed by atoms with Crippen molar-refractivity contribution in [3.63, 3.8) is 0 Å². The van der Waals surface area contributed by atoms with Gasteiger partial charge in [-0.2, -0.15) is 4.31 Å². The second-order valence-electron chi connectivity index (χ2n) is 6.96. The highest BCUT2D eigenvalue weighted by Crippen LogP contribution is 2.18. The number of amides is 1. The van der Waals surface area contributed by atoms with Crippen LogP contribution in [0.1, 0.15) is 18.5 Å². The van der Waals surface area contributed by atoms with Crippen LogP contribution >= 0.6 is 0 Å². The van der Waals surface area contributed by atoms with Gasteiger partial charge in [-0.1, -0.05) is 42.5 Å². The van der Waals surface area contributed by atoms with Crippen LogP contribution in [-0.2, 0) is 14.8 Å². The number of rotatable bonds is 6. The van der Waals surface area contributed by atoms with Crippen molar-refractivity contribution in [1.82, 2.24) is 9.62 Å². The number of hydrogen-bond acceptors (Lipinski definition) is 3. The molecule has 8 heteroatoms. The van der Waals surface area contributed by atoms with E-state index >= 15 is 0 Å². The molecule has 0 aromatic heterocycles. The predicted molar refractivity (Wildman–Crippen MR) is 104 cm³/mol. The highest BCUT2D eigenvalue weighted by atomic mass is 32.2. The van der Waals surface area contributed by atoms with Gasteiger partial charge >= 0.3 is 0 Å². The Balaban J connectivity index is 1.53. The summed E-state index contributed by atoms with van der Waals surface area (Å²) < 4.78 is 40.5. The average molecular weight is 407 g/mol. The van der Waals surface area contributed by atoms with Crippen LogP contribution in [0.4, 0.5) is 4.39 Å². The first-order valence-electron chi connectivity index (χ1n) is 9.30. The first kappa shape index (κ1) is 20.4. The van der Waals surface area contributed by atoms with Crippen LogP contribution in [0.3, 0.4) is 0 Å². The molecule has 3 rings (SSSR count). The minimum absolute atomic E-state index is 0.0724. The molecule has 2 aromatic rings. The Kier molecular flexibility index (Phi) is 6.43. The van der Waals surface area contributed by atoms with Gasteiger partial charge in [0.05, 0.1) is 32.2 Å². The Bertz CT molecular complexity index is 913. The quantitative estimate of drug-likeness (QED) is 0.738. The SMILES string of the molecule is C[C@H](NC(=O)C[NH+]1CCN(S(=O)(=O)c2ccccc2F)CC1)c1ccccc1. The van der Waals surface area contributed by atoms with E-state index in [0.717, 1.165) is 16.5 Å². The van der Waals surface area contributed by atoms with Gasteiger partial charge in [-0.15, -0.1) is 0 Å². The van der Waals surface area contributed by atoms with Crippen LogP contribution < -0.4 is 10.2 Å². The van der Waals surface area contributed by atoms with E-state index in [1.165, 1.54) is 22.5 Å². The lowest BCUT2D eigenvalue weighted by Gasteiger charge is -2.31. The van der Waals surface area contributed by atoms with Crippen molar-refractivity contribution in [3.05, 3.63) is 66.0 Å². The lowest BCUT2D eigenvalue weighted by Crippen LogP contribution is -3.15. The maximum atomic E-state index is 13.9. The first-order valence-corrected chi connectivity index (χ1v) is 10.7. The normalized spacial score (nSPS) is 17.2. The summed E-state index contributed by atoms with van der Waals surface area (Å²) in [4.78, 5) is 13.0. The molecule has 0 saturated carbocycles. The number of nitrogens with zero attached hydrogens (tertiary/aromatic N) is 1. The van der Waals surface area contributed by atoms with Crippen LogP contribution in [0.2, 0.25) is 0 Å². The maximum absolute atomic E-state index is 13.9. The number of carbonyl (C=O) groups excluding carboxylic acids is 1. The van der Waals surface area contributed by atoms with Crippen LogP contribution in [0.5, 0.6) is 0 Å². The van der Waals surface area contributed by atoms with Crippen LogP contribution in [0.25, 0.3) is 0 Å². The lowest BCUT2D eigenvalue weighted by molar-refractivity contribution is -0.895. The fourth-order valence-electron chi connectivity index (χ4n) is 3.36. The number of nitrogens with one attached hydrogen (secondary N) is 2. The molecule has 2 aromatic carbocycles. The standard InChI is InChI=1S/C20H24FN3O3S/c1-16(17-7-3-2-4-8-17)22-20(25)15-23-11-13-24(14-12-23)28(26,27)19-10-6-5-9-18(19)21/h2-10,16H,11-15H2,1H3,(H,22,25)/p+1/t16-/m0/s1. The van der Waals surface area contributed by atoms with E-state index in [-0.39, 0.29) is 36.5 Å². The molecule has 1 aliphatic rings. The van der Waals surface area contributed by atoms with E-state index in [9.17, 15) is 17.6 Å². The summed E-state index contributed by atoms with van der Waals surface area (Å²) in [5, 5.41) is 2.98.